The normalized spacial score (nSPS) is 13.6. The number of furan rings is 3. The molecule has 0 N–H and O–H groups in total. The quantitative estimate of drug-likeness (QED) is 0.163. The highest BCUT2D eigenvalue weighted by atomic mass is 16.3. The van der Waals surface area contributed by atoms with Crippen molar-refractivity contribution in [2.75, 3.05) is 0 Å². The van der Waals surface area contributed by atoms with Crippen molar-refractivity contribution in [3.8, 4) is 44.5 Å². The molecule has 3 heteroatoms. The van der Waals surface area contributed by atoms with E-state index in [1.54, 1.807) is 0 Å². The molecule has 0 bridgehead atoms. The van der Waals surface area contributed by atoms with Gasteiger partial charge in [-0.05, 0) is 114 Å². The van der Waals surface area contributed by atoms with Crippen molar-refractivity contribution in [3.05, 3.63) is 229 Å². The number of fused-ring (bicyclic) bond motifs is 23. The molecule has 3 heterocycles. The van der Waals surface area contributed by atoms with E-state index in [2.05, 4.69) is 182 Å². The van der Waals surface area contributed by atoms with Gasteiger partial charge in [-0.3, -0.25) is 0 Å². The third kappa shape index (κ3) is 4.15. The Balaban J connectivity index is 0.963. The molecule has 0 saturated heterocycles. The fourth-order valence-electron chi connectivity index (χ4n) is 12.6. The zero-order valence-electron chi connectivity index (χ0n) is 35.4. The summed E-state index contributed by atoms with van der Waals surface area (Å²) in [6.07, 6.45) is 0. The van der Waals surface area contributed by atoms with Crippen LogP contribution in [0.2, 0.25) is 0 Å². The highest BCUT2D eigenvalue weighted by Gasteiger charge is 2.52. The molecule has 0 unspecified atom stereocenters. The van der Waals surface area contributed by atoms with Gasteiger partial charge >= 0.3 is 0 Å². The zero-order valence-corrected chi connectivity index (χ0v) is 35.4. The molecule has 16 rings (SSSR count). The lowest BCUT2D eigenvalue weighted by Crippen LogP contribution is -2.25. The molecule has 11 aromatic carbocycles. The Morgan fingerprint density at radius 2 is 0.727 bits per heavy atom. The van der Waals surface area contributed by atoms with Gasteiger partial charge in [0.2, 0.25) is 0 Å². The smallest absolute Gasteiger partial charge is 0.143 e. The van der Waals surface area contributed by atoms with E-state index in [9.17, 15) is 0 Å². The maximum Gasteiger partial charge on any atom is 0.143 e. The first-order valence-corrected chi connectivity index (χ1v) is 22.7. The van der Waals surface area contributed by atoms with E-state index < -0.39 is 5.41 Å². The molecule has 3 nitrogen and oxygen atoms in total. The summed E-state index contributed by atoms with van der Waals surface area (Å²) < 4.78 is 20.1. The van der Waals surface area contributed by atoms with Crippen LogP contribution >= 0.6 is 0 Å². The Kier molecular flexibility index (Phi) is 6.49. The SMILES string of the molecule is c1ccc2c(c1)-c1ccccc1C21c2ccccc2-c2c1ccc1oc3c(-c4c5ccccc5c(-c5ccc6oc7ccc8oc9ccccc9c8c7c6c5)c5ccccc45)cccc3c21. The zero-order chi connectivity index (χ0) is 42.8. The van der Waals surface area contributed by atoms with E-state index in [0.717, 1.165) is 71.6 Å². The average molecular weight is 839 g/mol. The molecule has 3 aromatic heterocycles. The van der Waals surface area contributed by atoms with Gasteiger partial charge in [0.25, 0.3) is 0 Å². The van der Waals surface area contributed by atoms with Gasteiger partial charge in [0.1, 0.15) is 33.5 Å². The van der Waals surface area contributed by atoms with E-state index in [1.165, 1.54) is 82.6 Å². The second-order valence-corrected chi connectivity index (χ2v) is 18.1. The average Bonchev–Trinajstić information content (AvgIpc) is 4.18. The van der Waals surface area contributed by atoms with E-state index in [-0.39, 0.29) is 0 Å². The molecule has 1 spiro atoms. The fourth-order valence-corrected chi connectivity index (χ4v) is 12.6. The van der Waals surface area contributed by atoms with Crippen LogP contribution < -0.4 is 0 Å². The van der Waals surface area contributed by atoms with Crippen molar-refractivity contribution in [2.45, 2.75) is 5.41 Å². The van der Waals surface area contributed by atoms with Crippen LogP contribution in [0.15, 0.2) is 220 Å². The lowest BCUT2D eigenvalue weighted by atomic mass is 9.70. The van der Waals surface area contributed by atoms with Crippen molar-refractivity contribution in [1.82, 2.24) is 0 Å². The lowest BCUT2D eigenvalue weighted by Gasteiger charge is -2.30. The van der Waals surface area contributed by atoms with Crippen molar-refractivity contribution in [1.29, 1.82) is 0 Å². The Morgan fingerprint density at radius 1 is 0.258 bits per heavy atom. The molecule has 0 amide bonds. The molecule has 304 valence electrons. The van der Waals surface area contributed by atoms with Gasteiger partial charge in [-0.2, -0.15) is 0 Å². The van der Waals surface area contributed by atoms with Crippen molar-refractivity contribution < 1.29 is 13.3 Å². The minimum Gasteiger partial charge on any atom is -0.456 e. The van der Waals surface area contributed by atoms with E-state index in [4.69, 9.17) is 13.3 Å². The third-order valence-corrected chi connectivity index (χ3v) is 15.1. The molecule has 66 heavy (non-hydrogen) atoms. The van der Waals surface area contributed by atoms with Crippen LogP contribution in [0.4, 0.5) is 0 Å². The Hall–Kier alpha value is -8.66. The lowest BCUT2D eigenvalue weighted by molar-refractivity contribution is 0.663. The Morgan fingerprint density at radius 3 is 1.41 bits per heavy atom. The number of para-hydroxylation sites is 2. The summed E-state index contributed by atoms with van der Waals surface area (Å²) in [5, 5.41) is 11.3. The molecule has 0 atom stereocenters. The van der Waals surface area contributed by atoms with Crippen LogP contribution in [0.5, 0.6) is 0 Å². The fraction of sp³-hybridized carbons (Fsp3) is 0.0159. The molecule has 0 saturated carbocycles. The summed E-state index contributed by atoms with van der Waals surface area (Å²) in [6, 6.07) is 75.1. The first-order valence-electron chi connectivity index (χ1n) is 22.7. The van der Waals surface area contributed by atoms with E-state index >= 15 is 0 Å². The van der Waals surface area contributed by atoms with Crippen LogP contribution in [0.3, 0.4) is 0 Å². The maximum atomic E-state index is 7.20. The molecule has 2 aliphatic carbocycles. The van der Waals surface area contributed by atoms with Crippen molar-refractivity contribution in [3.63, 3.8) is 0 Å². The van der Waals surface area contributed by atoms with Gasteiger partial charge in [-0.15, -0.1) is 0 Å². The summed E-state index contributed by atoms with van der Waals surface area (Å²) >= 11 is 0. The van der Waals surface area contributed by atoms with Gasteiger partial charge in [0, 0.05) is 43.4 Å². The predicted octanol–water partition coefficient (Wildman–Crippen LogP) is 17.4. The summed E-state index contributed by atoms with van der Waals surface area (Å²) in [5.74, 6) is 0. The minimum atomic E-state index is -0.430. The van der Waals surface area contributed by atoms with Gasteiger partial charge in [-0.25, -0.2) is 0 Å². The monoisotopic (exact) mass is 838 g/mol. The van der Waals surface area contributed by atoms with Crippen LogP contribution in [0.25, 0.3) is 132 Å². The minimum absolute atomic E-state index is 0.430. The topological polar surface area (TPSA) is 39.4 Å². The molecular formula is C63H34O3. The molecule has 0 radical (unpaired) electrons. The predicted molar refractivity (Wildman–Crippen MR) is 270 cm³/mol. The third-order valence-electron chi connectivity index (χ3n) is 15.1. The summed E-state index contributed by atoms with van der Waals surface area (Å²) in [7, 11) is 0. The highest BCUT2D eigenvalue weighted by molar-refractivity contribution is 6.28. The first kappa shape index (κ1) is 34.8. The van der Waals surface area contributed by atoms with Gasteiger partial charge in [0.05, 0.1) is 5.41 Å². The van der Waals surface area contributed by atoms with Gasteiger partial charge in [0.15, 0.2) is 0 Å². The number of benzene rings is 11. The second kappa shape index (κ2) is 12.3. The Labute approximate surface area is 377 Å². The summed E-state index contributed by atoms with van der Waals surface area (Å²) in [5.41, 5.74) is 19.8. The largest absolute Gasteiger partial charge is 0.456 e. The number of hydrogen-bond donors (Lipinski definition) is 0. The summed E-state index contributed by atoms with van der Waals surface area (Å²) in [6.45, 7) is 0. The van der Waals surface area contributed by atoms with E-state index in [0.29, 0.717) is 0 Å². The number of rotatable bonds is 2. The van der Waals surface area contributed by atoms with Crippen LogP contribution in [-0.4, -0.2) is 0 Å². The van der Waals surface area contributed by atoms with E-state index in [1.807, 2.05) is 24.3 Å². The van der Waals surface area contributed by atoms with Crippen molar-refractivity contribution >= 4 is 87.4 Å². The van der Waals surface area contributed by atoms with Crippen LogP contribution in [0.1, 0.15) is 22.3 Å². The van der Waals surface area contributed by atoms with Crippen LogP contribution in [0, 0.1) is 0 Å². The molecule has 0 aliphatic heterocycles. The maximum absolute atomic E-state index is 7.20. The highest BCUT2D eigenvalue weighted by Crippen LogP contribution is 2.64. The number of hydrogen-bond acceptors (Lipinski definition) is 3. The second-order valence-electron chi connectivity index (χ2n) is 18.1. The van der Waals surface area contributed by atoms with Gasteiger partial charge in [-0.1, -0.05) is 170 Å². The Bertz CT molecular complexity index is 4370. The molecule has 2 aliphatic rings. The first-order chi connectivity index (χ1) is 32.8. The molecular weight excluding hydrogens is 805 g/mol. The molecule has 0 fully saturated rings. The molecule has 14 aromatic rings. The standard InChI is InChI=1S/C63H34O3/c1-3-18-40-38(16-1)56(35-28-30-52-46(34-35)61-54(65-52)33-32-53-59(61)43-21-8-12-27-51(43)64-53)39-17-2-4-19-41(39)57(40)44-22-13-23-45-60-55(66-62(44)45)31-29-50-58(60)42-20-7-11-26-49(42)63(50)47-24-9-5-14-36(47)37-15-6-10-25-48(37)63/h1-34H. The van der Waals surface area contributed by atoms with Crippen molar-refractivity contribution in [2.24, 2.45) is 0 Å². The summed E-state index contributed by atoms with van der Waals surface area (Å²) in [4.78, 5) is 0. The van der Waals surface area contributed by atoms with Crippen LogP contribution in [-0.2, 0) is 5.41 Å². The van der Waals surface area contributed by atoms with Gasteiger partial charge < -0.3 is 13.3 Å².